The standard InChI is InChI=1S/C13H15NO2S/c1-16-13-6-10(2-3-12(13)15)7-14-8-11-4-5-17-9-11/h2-6,9,14-15H,7-8H2,1H3. The van der Waals surface area contributed by atoms with Gasteiger partial charge in [0, 0.05) is 13.1 Å². The largest absolute Gasteiger partial charge is 0.504 e. The van der Waals surface area contributed by atoms with Crippen LogP contribution in [0.3, 0.4) is 0 Å². The first kappa shape index (κ1) is 12.0. The summed E-state index contributed by atoms with van der Waals surface area (Å²) in [6.45, 7) is 1.61. The van der Waals surface area contributed by atoms with E-state index < -0.39 is 0 Å². The van der Waals surface area contributed by atoms with Gasteiger partial charge in [0.2, 0.25) is 0 Å². The molecule has 0 fully saturated rings. The second-order valence-corrected chi connectivity index (χ2v) is 4.52. The fraction of sp³-hybridized carbons (Fsp3) is 0.231. The van der Waals surface area contributed by atoms with E-state index in [1.807, 2.05) is 12.1 Å². The zero-order valence-electron chi connectivity index (χ0n) is 9.64. The zero-order chi connectivity index (χ0) is 12.1. The van der Waals surface area contributed by atoms with E-state index in [0.717, 1.165) is 18.7 Å². The van der Waals surface area contributed by atoms with Gasteiger partial charge in [0.05, 0.1) is 7.11 Å². The van der Waals surface area contributed by atoms with Gasteiger partial charge in [-0.1, -0.05) is 6.07 Å². The molecule has 0 spiro atoms. The van der Waals surface area contributed by atoms with Crippen LogP contribution in [0.5, 0.6) is 11.5 Å². The van der Waals surface area contributed by atoms with Crippen LogP contribution in [0.25, 0.3) is 0 Å². The second-order valence-electron chi connectivity index (χ2n) is 3.74. The summed E-state index contributed by atoms with van der Waals surface area (Å²) in [4.78, 5) is 0. The molecule has 90 valence electrons. The molecule has 4 heteroatoms. The minimum absolute atomic E-state index is 0.175. The van der Waals surface area contributed by atoms with Gasteiger partial charge in [-0.2, -0.15) is 11.3 Å². The average molecular weight is 249 g/mol. The molecule has 1 aromatic heterocycles. The van der Waals surface area contributed by atoms with Crippen LogP contribution >= 0.6 is 11.3 Å². The van der Waals surface area contributed by atoms with Crippen molar-refractivity contribution < 1.29 is 9.84 Å². The Labute approximate surface area is 105 Å². The molecule has 0 amide bonds. The molecule has 0 unspecified atom stereocenters. The lowest BCUT2D eigenvalue weighted by molar-refractivity contribution is 0.373. The highest BCUT2D eigenvalue weighted by molar-refractivity contribution is 7.07. The van der Waals surface area contributed by atoms with Crippen LogP contribution in [0.2, 0.25) is 0 Å². The van der Waals surface area contributed by atoms with E-state index in [1.165, 1.54) is 5.56 Å². The predicted molar refractivity (Wildman–Crippen MR) is 69.5 cm³/mol. The molecule has 1 aromatic carbocycles. The predicted octanol–water partition coefficient (Wildman–Crippen LogP) is 2.75. The van der Waals surface area contributed by atoms with Crippen molar-refractivity contribution in [3.8, 4) is 11.5 Å². The maximum atomic E-state index is 9.47. The third kappa shape index (κ3) is 3.22. The molecule has 17 heavy (non-hydrogen) atoms. The number of phenols is 1. The lowest BCUT2D eigenvalue weighted by Gasteiger charge is -2.07. The summed E-state index contributed by atoms with van der Waals surface area (Å²) in [7, 11) is 1.55. The summed E-state index contributed by atoms with van der Waals surface area (Å²) in [5.74, 6) is 0.689. The van der Waals surface area contributed by atoms with Gasteiger partial charge in [-0.15, -0.1) is 0 Å². The number of phenolic OH excluding ortho intramolecular Hbond substituents is 1. The Kier molecular flexibility index (Phi) is 4.01. The summed E-state index contributed by atoms with van der Waals surface area (Å²) in [6, 6.07) is 7.49. The van der Waals surface area contributed by atoms with Gasteiger partial charge in [-0.25, -0.2) is 0 Å². The van der Waals surface area contributed by atoms with Crippen LogP contribution in [-0.2, 0) is 13.1 Å². The van der Waals surface area contributed by atoms with Crippen molar-refractivity contribution in [2.75, 3.05) is 7.11 Å². The van der Waals surface area contributed by atoms with E-state index in [9.17, 15) is 5.11 Å². The number of rotatable bonds is 5. The molecule has 3 nitrogen and oxygen atoms in total. The molecule has 0 bridgehead atoms. The minimum Gasteiger partial charge on any atom is -0.504 e. The number of hydrogen-bond acceptors (Lipinski definition) is 4. The molecule has 2 rings (SSSR count). The summed E-state index contributed by atoms with van der Waals surface area (Å²) in [6.07, 6.45) is 0. The van der Waals surface area contributed by atoms with Crippen molar-refractivity contribution >= 4 is 11.3 Å². The van der Waals surface area contributed by atoms with Crippen LogP contribution < -0.4 is 10.1 Å². The van der Waals surface area contributed by atoms with Crippen LogP contribution in [0, 0.1) is 0 Å². The molecule has 0 saturated heterocycles. The molecular weight excluding hydrogens is 234 g/mol. The zero-order valence-corrected chi connectivity index (χ0v) is 10.5. The molecule has 2 aromatic rings. The van der Waals surface area contributed by atoms with Crippen LogP contribution in [0.4, 0.5) is 0 Å². The van der Waals surface area contributed by atoms with E-state index in [-0.39, 0.29) is 5.75 Å². The highest BCUT2D eigenvalue weighted by Gasteiger charge is 2.02. The van der Waals surface area contributed by atoms with Crippen molar-refractivity contribution in [1.82, 2.24) is 5.32 Å². The Hall–Kier alpha value is -1.52. The van der Waals surface area contributed by atoms with Crippen molar-refractivity contribution in [1.29, 1.82) is 0 Å². The normalized spacial score (nSPS) is 10.4. The number of methoxy groups -OCH3 is 1. The summed E-state index contributed by atoms with van der Waals surface area (Å²) < 4.78 is 5.06. The number of aromatic hydroxyl groups is 1. The molecule has 0 aliphatic rings. The lowest BCUT2D eigenvalue weighted by Crippen LogP contribution is -2.12. The first-order valence-electron chi connectivity index (χ1n) is 5.37. The quantitative estimate of drug-likeness (QED) is 0.856. The Morgan fingerprint density at radius 1 is 1.24 bits per heavy atom. The molecule has 0 saturated carbocycles. The van der Waals surface area contributed by atoms with E-state index in [0.29, 0.717) is 5.75 Å². The van der Waals surface area contributed by atoms with E-state index in [1.54, 1.807) is 24.5 Å². The van der Waals surface area contributed by atoms with Gasteiger partial charge in [0.25, 0.3) is 0 Å². The maximum absolute atomic E-state index is 9.47. The summed E-state index contributed by atoms with van der Waals surface area (Å²) >= 11 is 1.70. The average Bonchev–Trinajstić information content (AvgIpc) is 2.84. The molecule has 2 N–H and O–H groups in total. The van der Waals surface area contributed by atoms with Crippen LogP contribution in [0.1, 0.15) is 11.1 Å². The molecule has 1 heterocycles. The smallest absolute Gasteiger partial charge is 0.160 e. The number of ether oxygens (including phenoxy) is 1. The number of nitrogens with one attached hydrogen (secondary N) is 1. The second kappa shape index (κ2) is 5.70. The van der Waals surface area contributed by atoms with Crippen LogP contribution in [-0.4, -0.2) is 12.2 Å². The van der Waals surface area contributed by atoms with Crippen LogP contribution in [0.15, 0.2) is 35.0 Å². The van der Waals surface area contributed by atoms with E-state index in [4.69, 9.17) is 4.74 Å². The third-order valence-corrected chi connectivity index (χ3v) is 3.21. The van der Waals surface area contributed by atoms with Gasteiger partial charge < -0.3 is 15.2 Å². The fourth-order valence-corrected chi connectivity index (χ4v) is 2.25. The lowest BCUT2D eigenvalue weighted by atomic mass is 10.2. The molecular formula is C13H15NO2S. The fourth-order valence-electron chi connectivity index (χ4n) is 1.58. The summed E-state index contributed by atoms with van der Waals surface area (Å²) in [5.41, 5.74) is 2.38. The Morgan fingerprint density at radius 2 is 2.06 bits per heavy atom. The molecule has 0 aliphatic heterocycles. The number of thiophene rings is 1. The van der Waals surface area contributed by atoms with Gasteiger partial charge in [-0.05, 0) is 40.1 Å². The van der Waals surface area contributed by atoms with Crippen molar-refractivity contribution in [2.24, 2.45) is 0 Å². The highest BCUT2D eigenvalue weighted by atomic mass is 32.1. The number of hydrogen-bond donors (Lipinski definition) is 2. The SMILES string of the molecule is COc1cc(CNCc2ccsc2)ccc1O. The minimum atomic E-state index is 0.175. The van der Waals surface area contributed by atoms with Crippen molar-refractivity contribution in [2.45, 2.75) is 13.1 Å². The van der Waals surface area contributed by atoms with Crippen molar-refractivity contribution in [3.63, 3.8) is 0 Å². The van der Waals surface area contributed by atoms with Crippen molar-refractivity contribution in [3.05, 3.63) is 46.2 Å². The first-order valence-corrected chi connectivity index (χ1v) is 6.31. The third-order valence-electron chi connectivity index (χ3n) is 2.48. The number of benzene rings is 1. The molecule has 0 atom stereocenters. The van der Waals surface area contributed by atoms with Gasteiger partial charge in [0.15, 0.2) is 11.5 Å². The monoisotopic (exact) mass is 249 g/mol. The van der Waals surface area contributed by atoms with Gasteiger partial charge in [0.1, 0.15) is 0 Å². The highest BCUT2D eigenvalue weighted by Crippen LogP contribution is 2.26. The maximum Gasteiger partial charge on any atom is 0.160 e. The summed E-state index contributed by atoms with van der Waals surface area (Å²) in [5, 5.41) is 17.0. The molecule has 0 aliphatic carbocycles. The molecule has 0 radical (unpaired) electrons. The Morgan fingerprint density at radius 3 is 2.76 bits per heavy atom. The Balaban J connectivity index is 1.90. The van der Waals surface area contributed by atoms with E-state index >= 15 is 0 Å². The van der Waals surface area contributed by atoms with Gasteiger partial charge in [-0.3, -0.25) is 0 Å². The van der Waals surface area contributed by atoms with Gasteiger partial charge >= 0.3 is 0 Å². The topological polar surface area (TPSA) is 41.5 Å². The Bertz CT molecular complexity index is 468. The van der Waals surface area contributed by atoms with E-state index in [2.05, 4.69) is 22.1 Å². The first-order chi connectivity index (χ1) is 8.29.